The molecule has 0 aliphatic carbocycles. The van der Waals surface area contributed by atoms with Gasteiger partial charge in [0.15, 0.2) is 0 Å². The average Bonchev–Trinajstić information content (AvgIpc) is 2.96. The molecule has 0 saturated carbocycles. The predicted octanol–water partition coefficient (Wildman–Crippen LogP) is 3.30. The minimum Gasteiger partial charge on any atom is -0.481 e. The maximum Gasteiger partial charge on any atom is 0.312 e. The molecule has 0 bridgehead atoms. The third kappa shape index (κ3) is 2.21. The first-order valence-electron chi connectivity index (χ1n) is 6.72. The molecule has 0 fully saturated rings. The van der Waals surface area contributed by atoms with E-state index in [-0.39, 0.29) is 11.7 Å². The summed E-state index contributed by atoms with van der Waals surface area (Å²) in [5.41, 5.74) is 1.84. The van der Waals surface area contributed by atoms with Gasteiger partial charge < -0.3 is 9.67 Å². The molecular weight excluding hydrogens is 334 g/mol. The number of fused-ring (bicyclic) bond motifs is 1. The fraction of sp³-hybridized carbons (Fsp3) is 0.250. The largest absolute Gasteiger partial charge is 0.481 e. The van der Waals surface area contributed by atoms with Crippen LogP contribution in [0.15, 0.2) is 40.9 Å². The molecule has 2 atom stereocenters. The summed E-state index contributed by atoms with van der Waals surface area (Å²) in [5.74, 6) is -1.53. The first-order chi connectivity index (χ1) is 10.0. The van der Waals surface area contributed by atoms with E-state index in [2.05, 4.69) is 15.9 Å². The van der Waals surface area contributed by atoms with E-state index < -0.39 is 11.9 Å². The van der Waals surface area contributed by atoms with Gasteiger partial charge in [-0.3, -0.25) is 9.59 Å². The zero-order chi connectivity index (χ0) is 15.1. The van der Waals surface area contributed by atoms with Gasteiger partial charge in [0.2, 0.25) is 5.78 Å². The van der Waals surface area contributed by atoms with Crippen molar-refractivity contribution < 1.29 is 14.7 Å². The van der Waals surface area contributed by atoms with E-state index in [4.69, 9.17) is 0 Å². The van der Waals surface area contributed by atoms with Gasteiger partial charge in [0.1, 0.15) is 5.92 Å². The summed E-state index contributed by atoms with van der Waals surface area (Å²) in [6.07, 6.45) is 0. The summed E-state index contributed by atoms with van der Waals surface area (Å²) < 4.78 is 2.53. The Hall–Kier alpha value is -1.88. The molecule has 1 aromatic heterocycles. The van der Waals surface area contributed by atoms with Crippen LogP contribution in [-0.4, -0.2) is 21.4 Å². The lowest BCUT2D eigenvalue weighted by molar-refractivity contribution is -0.139. The lowest BCUT2D eigenvalue weighted by Crippen LogP contribution is -2.15. The zero-order valence-corrected chi connectivity index (χ0v) is 13.0. The second-order valence-corrected chi connectivity index (χ2v) is 6.22. The molecule has 5 heteroatoms. The number of ketones is 1. The van der Waals surface area contributed by atoms with E-state index in [1.165, 1.54) is 0 Å². The minimum absolute atomic E-state index is 0.0303. The Balaban J connectivity index is 2.08. The maximum absolute atomic E-state index is 12.6. The van der Waals surface area contributed by atoms with Crippen LogP contribution in [0.5, 0.6) is 0 Å². The van der Waals surface area contributed by atoms with Gasteiger partial charge >= 0.3 is 5.97 Å². The fourth-order valence-corrected chi connectivity index (χ4v) is 3.67. The maximum atomic E-state index is 12.6. The number of carboxylic acids is 1. The Bertz CT molecular complexity index is 721. The van der Waals surface area contributed by atoms with Crippen LogP contribution < -0.4 is 0 Å². The number of benzene rings is 1. The molecule has 1 aliphatic rings. The first-order valence-corrected chi connectivity index (χ1v) is 7.51. The monoisotopic (exact) mass is 347 g/mol. The minimum atomic E-state index is -0.848. The standard InChI is InChI=1S/C16H14BrNO3/c1-9-8-18-12(15(19)10-5-3-2-4-6-10)7-11(17)14(18)13(9)16(20)21/h2-7,9,13H,8H2,1H3,(H,20,21). The highest BCUT2D eigenvalue weighted by Gasteiger charge is 2.39. The number of nitrogens with zero attached hydrogens (tertiary/aromatic N) is 1. The summed E-state index contributed by atoms with van der Waals surface area (Å²) in [7, 11) is 0. The molecule has 21 heavy (non-hydrogen) atoms. The molecule has 1 N–H and O–H groups in total. The summed E-state index contributed by atoms with van der Waals surface area (Å²) in [6, 6.07) is 10.8. The van der Waals surface area contributed by atoms with Crippen LogP contribution in [0, 0.1) is 5.92 Å². The van der Waals surface area contributed by atoms with Gasteiger partial charge in [-0.1, -0.05) is 37.3 Å². The van der Waals surface area contributed by atoms with Crippen LogP contribution in [0.25, 0.3) is 0 Å². The predicted molar refractivity (Wildman–Crippen MR) is 81.5 cm³/mol. The summed E-state index contributed by atoms with van der Waals surface area (Å²) in [4.78, 5) is 24.1. The lowest BCUT2D eigenvalue weighted by Gasteiger charge is -2.09. The molecular formula is C16H14BrNO3. The van der Waals surface area contributed by atoms with E-state index in [1.54, 1.807) is 18.2 Å². The molecule has 2 heterocycles. The van der Waals surface area contributed by atoms with Gasteiger partial charge in [-0.05, 0) is 27.9 Å². The highest BCUT2D eigenvalue weighted by Crippen LogP contribution is 2.40. The number of aromatic nitrogens is 1. The van der Waals surface area contributed by atoms with Crippen LogP contribution in [0.3, 0.4) is 0 Å². The number of rotatable bonds is 3. The molecule has 0 amide bonds. The van der Waals surface area contributed by atoms with Crippen molar-refractivity contribution in [3.63, 3.8) is 0 Å². The first kappa shape index (κ1) is 14.1. The van der Waals surface area contributed by atoms with E-state index >= 15 is 0 Å². The third-order valence-electron chi connectivity index (χ3n) is 3.96. The Morgan fingerprint density at radius 1 is 1.29 bits per heavy atom. The van der Waals surface area contributed by atoms with Gasteiger partial charge in [-0.15, -0.1) is 0 Å². The van der Waals surface area contributed by atoms with Gasteiger partial charge in [0.25, 0.3) is 0 Å². The number of hydrogen-bond donors (Lipinski definition) is 1. The molecule has 3 rings (SSSR count). The Labute approximate surface area is 130 Å². The Morgan fingerprint density at radius 2 is 1.95 bits per heavy atom. The molecule has 2 unspecified atom stereocenters. The number of aliphatic carboxylic acids is 1. The summed E-state index contributed by atoms with van der Waals surface area (Å²) in [6.45, 7) is 2.45. The number of carbonyl (C=O) groups is 2. The summed E-state index contributed by atoms with van der Waals surface area (Å²) in [5, 5.41) is 9.40. The van der Waals surface area contributed by atoms with Crippen molar-refractivity contribution in [2.24, 2.45) is 5.92 Å². The van der Waals surface area contributed by atoms with Gasteiger partial charge in [-0.25, -0.2) is 0 Å². The Morgan fingerprint density at radius 3 is 2.57 bits per heavy atom. The quantitative estimate of drug-likeness (QED) is 0.866. The number of carboxylic acid groups (broad SMARTS) is 1. The number of halogens is 1. The third-order valence-corrected chi connectivity index (χ3v) is 4.59. The van der Waals surface area contributed by atoms with Crippen LogP contribution in [-0.2, 0) is 11.3 Å². The molecule has 1 aromatic carbocycles. The number of hydrogen-bond acceptors (Lipinski definition) is 2. The van der Waals surface area contributed by atoms with Crippen LogP contribution >= 0.6 is 15.9 Å². The molecule has 0 radical (unpaired) electrons. The lowest BCUT2D eigenvalue weighted by atomic mass is 9.95. The highest BCUT2D eigenvalue weighted by atomic mass is 79.9. The van der Waals surface area contributed by atoms with Gasteiger partial charge in [0.05, 0.1) is 5.69 Å². The smallest absolute Gasteiger partial charge is 0.312 e. The van der Waals surface area contributed by atoms with E-state index in [1.807, 2.05) is 29.7 Å². The highest BCUT2D eigenvalue weighted by molar-refractivity contribution is 9.10. The van der Waals surface area contributed by atoms with Crippen molar-refractivity contribution in [1.82, 2.24) is 4.57 Å². The van der Waals surface area contributed by atoms with Gasteiger partial charge in [0, 0.05) is 22.3 Å². The van der Waals surface area contributed by atoms with Crippen LogP contribution in [0.2, 0.25) is 0 Å². The van der Waals surface area contributed by atoms with E-state index in [0.29, 0.717) is 28.0 Å². The second-order valence-electron chi connectivity index (χ2n) is 5.36. The van der Waals surface area contributed by atoms with Crippen molar-refractivity contribution in [2.45, 2.75) is 19.4 Å². The zero-order valence-electron chi connectivity index (χ0n) is 11.4. The fourth-order valence-electron chi connectivity index (χ4n) is 2.99. The normalized spacial score (nSPS) is 20.3. The van der Waals surface area contributed by atoms with E-state index in [0.717, 1.165) is 0 Å². The van der Waals surface area contributed by atoms with Crippen LogP contribution in [0.4, 0.5) is 0 Å². The van der Waals surface area contributed by atoms with Crippen molar-refractivity contribution in [3.8, 4) is 0 Å². The average molecular weight is 348 g/mol. The molecule has 0 saturated heterocycles. The topological polar surface area (TPSA) is 59.3 Å². The van der Waals surface area contributed by atoms with Crippen LogP contribution in [0.1, 0.15) is 34.6 Å². The van der Waals surface area contributed by atoms with Crippen molar-refractivity contribution >= 4 is 27.7 Å². The van der Waals surface area contributed by atoms with Gasteiger partial charge in [-0.2, -0.15) is 0 Å². The second kappa shape index (κ2) is 5.15. The van der Waals surface area contributed by atoms with Crippen molar-refractivity contribution in [2.75, 3.05) is 0 Å². The molecule has 108 valence electrons. The van der Waals surface area contributed by atoms with E-state index in [9.17, 15) is 14.7 Å². The van der Waals surface area contributed by atoms with Crippen molar-refractivity contribution in [3.05, 3.63) is 57.8 Å². The van der Waals surface area contributed by atoms with Crippen molar-refractivity contribution in [1.29, 1.82) is 0 Å². The Kier molecular flexibility index (Phi) is 3.45. The molecule has 0 spiro atoms. The molecule has 1 aliphatic heterocycles. The molecule has 2 aromatic rings. The summed E-state index contributed by atoms with van der Waals surface area (Å²) >= 11 is 3.41. The molecule has 4 nitrogen and oxygen atoms in total. The SMILES string of the molecule is CC1Cn2c(C(=O)c3ccccc3)cc(Br)c2C1C(=O)O. The number of carbonyl (C=O) groups excluding carboxylic acids is 1.